The van der Waals surface area contributed by atoms with Gasteiger partial charge in [-0.15, -0.1) is 0 Å². The van der Waals surface area contributed by atoms with Gasteiger partial charge < -0.3 is 20.2 Å². The van der Waals surface area contributed by atoms with E-state index in [9.17, 15) is 14.4 Å². The number of nitrogens with one attached hydrogen (secondary N) is 1. The SMILES string of the molecule is CCCC(NC(=O)C1CCN(C(=O)N2CCCC2)CC1)C(=O)O. The molecule has 2 aliphatic heterocycles. The highest BCUT2D eigenvalue weighted by molar-refractivity contribution is 5.85. The van der Waals surface area contributed by atoms with Crippen molar-refractivity contribution in [3.63, 3.8) is 0 Å². The number of urea groups is 1. The predicted octanol–water partition coefficient (Wildman–Crippen LogP) is 1.28. The summed E-state index contributed by atoms with van der Waals surface area (Å²) in [6.07, 6.45) is 4.48. The van der Waals surface area contributed by atoms with Crippen molar-refractivity contribution in [2.75, 3.05) is 26.2 Å². The molecule has 2 rings (SSSR count). The van der Waals surface area contributed by atoms with E-state index in [2.05, 4.69) is 5.32 Å². The molecule has 2 heterocycles. The van der Waals surface area contributed by atoms with Crippen LogP contribution in [-0.2, 0) is 9.59 Å². The molecule has 130 valence electrons. The Hall–Kier alpha value is -1.79. The second-order valence-corrected chi connectivity index (χ2v) is 6.43. The van der Waals surface area contributed by atoms with Gasteiger partial charge >= 0.3 is 12.0 Å². The maximum Gasteiger partial charge on any atom is 0.326 e. The number of hydrogen-bond donors (Lipinski definition) is 2. The first-order valence-corrected chi connectivity index (χ1v) is 8.60. The van der Waals surface area contributed by atoms with Crippen LogP contribution in [0.3, 0.4) is 0 Å². The molecule has 0 aromatic rings. The Morgan fingerprint density at radius 2 is 1.65 bits per heavy atom. The van der Waals surface area contributed by atoms with Gasteiger partial charge in [-0.1, -0.05) is 13.3 Å². The zero-order valence-electron chi connectivity index (χ0n) is 13.8. The number of carboxylic acids is 1. The van der Waals surface area contributed by atoms with Gasteiger partial charge in [0.2, 0.25) is 5.91 Å². The minimum absolute atomic E-state index is 0.0794. The number of likely N-dealkylation sites (tertiary alicyclic amines) is 2. The van der Waals surface area contributed by atoms with Crippen LogP contribution in [-0.4, -0.2) is 65.0 Å². The smallest absolute Gasteiger partial charge is 0.326 e. The number of carbonyl (C=O) groups excluding carboxylic acids is 2. The molecule has 7 heteroatoms. The van der Waals surface area contributed by atoms with E-state index in [0.717, 1.165) is 25.9 Å². The van der Waals surface area contributed by atoms with E-state index in [4.69, 9.17) is 5.11 Å². The highest BCUT2D eigenvalue weighted by atomic mass is 16.4. The third-order valence-corrected chi connectivity index (χ3v) is 4.70. The molecule has 2 aliphatic rings. The zero-order valence-corrected chi connectivity index (χ0v) is 13.8. The predicted molar refractivity (Wildman–Crippen MR) is 85.0 cm³/mol. The lowest BCUT2D eigenvalue weighted by Crippen LogP contribution is -2.49. The van der Waals surface area contributed by atoms with Gasteiger partial charge in [0.1, 0.15) is 6.04 Å². The van der Waals surface area contributed by atoms with Crippen molar-refractivity contribution in [2.45, 2.75) is 51.5 Å². The molecule has 0 aromatic heterocycles. The van der Waals surface area contributed by atoms with Crippen LogP contribution in [0.5, 0.6) is 0 Å². The topological polar surface area (TPSA) is 90.0 Å². The Morgan fingerprint density at radius 1 is 1.09 bits per heavy atom. The lowest BCUT2D eigenvalue weighted by molar-refractivity contribution is -0.142. The summed E-state index contributed by atoms with van der Waals surface area (Å²) in [6, 6.07) is -0.729. The Labute approximate surface area is 137 Å². The first-order valence-electron chi connectivity index (χ1n) is 8.60. The van der Waals surface area contributed by atoms with Gasteiger partial charge in [-0.25, -0.2) is 9.59 Å². The van der Waals surface area contributed by atoms with E-state index in [-0.39, 0.29) is 17.9 Å². The van der Waals surface area contributed by atoms with Crippen LogP contribution in [0.1, 0.15) is 45.4 Å². The minimum Gasteiger partial charge on any atom is -0.480 e. The van der Waals surface area contributed by atoms with Crippen molar-refractivity contribution < 1.29 is 19.5 Å². The van der Waals surface area contributed by atoms with Crippen LogP contribution in [0.15, 0.2) is 0 Å². The van der Waals surface area contributed by atoms with Gasteiger partial charge in [0.15, 0.2) is 0 Å². The zero-order chi connectivity index (χ0) is 16.8. The lowest BCUT2D eigenvalue weighted by Gasteiger charge is -2.34. The molecule has 0 aromatic carbocycles. The Balaban J connectivity index is 1.80. The molecule has 2 N–H and O–H groups in total. The molecule has 0 bridgehead atoms. The number of nitrogens with zero attached hydrogens (tertiary/aromatic N) is 2. The third kappa shape index (κ3) is 4.59. The molecule has 0 spiro atoms. The number of piperidine rings is 1. The molecule has 23 heavy (non-hydrogen) atoms. The molecular weight excluding hydrogens is 298 g/mol. The second kappa shape index (κ2) is 8.17. The molecule has 7 nitrogen and oxygen atoms in total. The fourth-order valence-corrected chi connectivity index (χ4v) is 3.28. The summed E-state index contributed by atoms with van der Waals surface area (Å²) in [5.41, 5.74) is 0. The average Bonchev–Trinajstić information content (AvgIpc) is 3.08. The maximum absolute atomic E-state index is 12.3. The summed E-state index contributed by atoms with van der Waals surface area (Å²) in [7, 11) is 0. The first-order chi connectivity index (χ1) is 11.0. The Morgan fingerprint density at radius 3 is 2.17 bits per heavy atom. The quantitative estimate of drug-likeness (QED) is 0.797. The molecular formula is C16H27N3O4. The molecule has 0 radical (unpaired) electrons. The molecule has 0 saturated carbocycles. The van der Waals surface area contributed by atoms with E-state index < -0.39 is 12.0 Å². The van der Waals surface area contributed by atoms with Gasteiger partial charge in [-0.05, 0) is 32.1 Å². The van der Waals surface area contributed by atoms with Gasteiger partial charge in [-0.2, -0.15) is 0 Å². The van der Waals surface area contributed by atoms with Crippen LogP contribution < -0.4 is 5.32 Å². The summed E-state index contributed by atoms with van der Waals surface area (Å²) < 4.78 is 0. The first kappa shape index (κ1) is 17.6. The van der Waals surface area contributed by atoms with Crippen molar-refractivity contribution in [3.05, 3.63) is 0 Å². The van der Waals surface area contributed by atoms with E-state index in [1.54, 1.807) is 0 Å². The summed E-state index contributed by atoms with van der Waals surface area (Å²) >= 11 is 0. The van der Waals surface area contributed by atoms with Crippen LogP contribution >= 0.6 is 0 Å². The fraction of sp³-hybridized carbons (Fsp3) is 0.812. The van der Waals surface area contributed by atoms with Crippen molar-refractivity contribution in [3.8, 4) is 0 Å². The second-order valence-electron chi connectivity index (χ2n) is 6.43. The molecule has 2 saturated heterocycles. The summed E-state index contributed by atoms with van der Waals surface area (Å²) in [4.78, 5) is 39.4. The molecule has 3 amide bonds. The number of rotatable bonds is 5. The minimum atomic E-state index is -0.984. The van der Waals surface area contributed by atoms with E-state index >= 15 is 0 Å². The lowest BCUT2D eigenvalue weighted by atomic mass is 9.95. The van der Waals surface area contributed by atoms with Crippen LogP contribution in [0.25, 0.3) is 0 Å². The highest BCUT2D eigenvalue weighted by Gasteiger charge is 2.31. The average molecular weight is 325 g/mol. The van der Waals surface area contributed by atoms with Gasteiger partial charge in [-0.3, -0.25) is 4.79 Å². The molecule has 1 unspecified atom stereocenters. The van der Waals surface area contributed by atoms with Crippen LogP contribution in [0.4, 0.5) is 4.79 Å². The van der Waals surface area contributed by atoms with Crippen molar-refractivity contribution in [1.82, 2.24) is 15.1 Å². The van der Waals surface area contributed by atoms with E-state index in [1.165, 1.54) is 0 Å². The normalized spacial score (nSPS) is 20.4. The van der Waals surface area contributed by atoms with Gasteiger partial charge in [0, 0.05) is 32.1 Å². The summed E-state index contributed by atoms with van der Waals surface area (Å²) in [5.74, 6) is -1.38. The number of carboxylic acid groups (broad SMARTS) is 1. The van der Waals surface area contributed by atoms with Crippen molar-refractivity contribution in [1.29, 1.82) is 0 Å². The van der Waals surface area contributed by atoms with Crippen LogP contribution in [0.2, 0.25) is 0 Å². The Kier molecular flexibility index (Phi) is 6.24. The number of aliphatic carboxylic acids is 1. The van der Waals surface area contributed by atoms with Gasteiger partial charge in [0.05, 0.1) is 0 Å². The molecule has 2 fully saturated rings. The maximum atomic E-state index is 12.3. The van der Waals surface area contributed by atoms with Crippen LogP contribution in [0, 0.1) is 5.92 Å². The fourth-order valence-electron chi connectivity index (χ4n) is 3.28. The largest absolute Gasteiger partial charge is 0.480 e. The van der Waals surface area contributed by atoms with E-state index in [1.807, 2.05) is 16.7 Å². The van der Waals surface area contributed by atoms with Gasteiger partial charge in [0.25, 0.3) is 0 Å². The highest BCUT2D eigenvalue weighted by Crippen LogP contribution is 2.20. The standard InChI is InChI=1S/C16H27N3O4/c1-2-5-13(15(21)22)17-14(20)12-6-10-19(11-7-12)16(23)18-8-3-4-9-18/h12-13H,2-11H2,1H3,(H,17,20)(H,21,22). The third-order valence-electron chi connectivity index (χ3n) is 4.70. The molecule has 0 aliphatic carbocycles. The summed E-state index contributed by atoms with van der Waals surface area (Å²) in [6.45, 7) is 4.69. The number of amides is 3. The monoisotopic (exact) mass is 325 g/mol. The van der Waals surface area contributed by atoms with E-state index in [0.29, 0.717) is 38.8 Å². The van der Waals surface area contributed by atoms with Crippen molar-refractivity contribution in [2.24, 2.45) is 5.92 Å². The number of hydrogen-bond acceptors (Lipinski definition) is 3. The summed E-state index contributed by atoms with van der Waals surface area (Å²) in [5, 5.41) is 11.7. The number of carbonyl (C=O) groups is 3. The Bertz CT molecular complexity index is 441. The van der Waals surface area contributed by atoms with Crippen molar-refractivity contribution >= 4 is 17.9 Å². The molecule has 1 atom stereocenters.